The van der Waals surface area contributed by atoms with Crippen molar-refractivity contribution in [2.45, 2.75) is 24.7 Å². The van der Waals surface area contributed by atoms with E-state index in [0.29, 0.717) is 21.8 Å². The van der Waals surface area contributed by atoms with Gasteiger partial charge in [0, 0.05) is 18.0 Å². The van der Waals surface area contributed by atoms with E-state index >= 15 is 0 Å². The van der Waals surface area contributed by atoms with Crippen LogP contribution in [0.1, 0.15) is 39.1 Å². The number of thioether (sulfide) groups is 1. The highest BCUT2D eigenvalue weighted by Gasteiger charge is 2.24. The average Bonchev–Trinajstić information content (AvgIpc) is 3.18. The molecular weight excluding hydrogens is 368 g/mol. The van der Waals surface area contributed by atoms with Crippen molar-refractivity contribution in [1.29, 1.82) is 0 Å². The molecule has 1 heterocycles. The summed E-state index contributed by atoms with van der Waals surface area (Å²) >= 11 is 7.76. The van der Waals surface area contributed by atoms with Gasteiger partial charge in [-0.1, -0.05) is 23.7 Å². The summed E-state index contributed by atoms with van der Waals surface area (Å²) < 4.78 is 0. The molecule has 1 N–H and O–H groups in total. The van der Waals surface area contributed by atoms with Crippen molar-refractivity contribution >= 4 is 40.9 Å². The lowest BCUT2D eigenvalue weighted by Gasteiger charge is -2.19. The summed E-state index contributed by atoms with van der Waals surface area (Å²) in [5, 5.41) is 3.30. The van der Waals surface area contributed by atoms with Crippen LogP contribution in [0.2, 0.25) is 5.02 Å². The summed E-state index contributed by atoms with van der Waals surface area (Å²) in [6.07, 6.45) is 3.99. The van der Waals surface area contributed by atoms with Crippen LogP contribution >= 0.6 is 23.4 Å². The highest BCUT2D eigenvalue weighted by atomic mass is 35.5. The number of likely N-dealkylation sites (tertiary alicyclic amines) is 1. The molecule has 2 aromatic rings. The van der Waals surface area contributed by atoms with E-state index < -0.39 is 0 Å². The second-order valence-electron chi connectivity index (χ2n) is 6.30. The zero-order valence-corrected chi connectivity index (χ0v) is 16.4. The lowest BCUT2D eigenvalue weighted by atomic mass is 10.1. The Balaban J connectivity index is 1.92. The molecule has 1 aliphatic rings. The molecule has 4 nitrogen and oxygen atoms in total. The minimum absolute atomic E-state index is 0.0366. The predicted molar refractivity (Wildman–Crippen MR) is 108 cm³/mol. The van der Waals surface area contributed by atoms with Gasteiger partial charge in [0.25, 0.3) is 11.8 Å². The van der Waals surface area contributed by atoms with Gasteiger partial charge in [-0.2, -0.15) is 0 Å². The number of nitrogens with one attached hydrogen (secondary N) is 1. The van der Waals surface area contributed by atoms with Crippen LogP contribution < -0.4 is 5.32 Å². The molecule has 0 unspecified atom stereocenters. The lowest BCUT2D eigenvalue weighted by Crippen LogP contribution is -2.29. The summed E-state index contributed by atoms with van der Waals surface area (Å²) in [5.74, 6) is -0.346. The Hall–Kier alpha value is -1.98. The summed E-state index contributed by atoms with van der Waals surface area (Å²) in [6, 6.07) is 10.9. The van der Waals surface area contributed by atoms with E-state index in [0.717, 1.165) is 36.4 Å². The Kier molecular flexibility index (Phi) is 5.89. The van der Waals surface area contributed by atoms with E-state index in [1.165, 1.54) is 0 Å². The first-order valence-corrected chi connectivity index (χ1v) is 10.2. The number of carbonyl (C=O) groups is 2. The number of hydrogen-bond acceptors (Lipinski definition) is 3. The maximum absolute atomic E-state index is 12.9. The molecule has 0 aromatic heterocycles. The molecule has 1 fully saturated rings. The maximum atomic E-state index is 12.9. The molecule has 1 saturated heterocycles. The van der Waals surface area contributed by atoms with Crippen molar-refractivity contribution in [3.8, 4) is 0 Å². The number of aryl methyl sites for hydroxylation is 1. The van der Waals surface area contributed by atoms with Crippen molar-refractivity contribution in [3.63, 3.8) is 0 Å². The largest absolute Gasteiger partial charge is 0.339 e. The van der Waals surface area contributed by atoms with Gasteiger partial charge in [0.15, 0.2) is 0 Å². The number of rotatable bonds is 4. The fourth-order valence-electron chi connectivity index (χ4n) is 3.09. The standard InChI is InChI=1S/C20H21ClN2O2S/c1-13-6-5-7-15(20(25)23-10-3-4-11-23)18(13)22-19(24)16-12-14(26-2)8-9-17(16)21/h5-9,12H,3-4,10-11H2,1-2H3,(H,22,24). The third-order valence-corrected chi connectivity index (χ3v) is 5.61. The molecule has 0 atom stereocenters. The Labute approximate surface area is 162 Å². The van der Waals surface area contributed by atoms with Gasteiger partial charge in [0.2, 0.25) is 0 Å². The van der Waals surface area contributed by atoms with Crippen molar-refractivity contribution in [2.24, 2.45) is 0 Å². The van der Waals surface area contributed by atoms with E-state index in [1.54, 1.807) is 30.0 Å². The van der Waals surface area contributed by atoms with Crippen LogP contribution in [0.15, 0.2) is 41.3 Å². The second-order valence-corrected chi connectivity index (χ2v) is 7.58. The van der Waals surface area contributed by atoms with Crippen LogP contribution in [-0.4, -0.2) is 36.1 Å². The van der Waals surface area contributed by atoms with Crippen molar-refractivity contribution in [2.75, 3.05) is 24.7 Å². The van der Waals surface area contributed by atoms with E-state index in [2.05, 4.69) is 5.32 Å². The Morgan fingerprint density at radius 3 is 2.54 bits per heavy atom. The fourth-order valence-corrected chi connectivity index (χ4v) is 3.73. The molecule has 0 bridgehead atoms. The van der Waals surface area contributed by atoms with E-state index in [-0.39, 0.29) is 11.8 Å². The third kappa shape index (κ3) is 3.89. The number of benzene rings is 2. The number of carbonyl (C=O) groups excluding carboxylic acids is 2. The first kappa shape index (κ1) is 18.8. The Morgan fingerprint density at radius 2 is 1.85 bits per heavy atom. The first-order chi connectivity index (χ1) is 12.5. The van der Waals surface area contributed by atoms with Crippen LogP contribution in [0.3, 0.4) is 0 Å². The van der Waals surface area contributed by atoms with Gasteiger partial charge in [0.1, 0.15) is 0 Å². The molecule has 0 radical (unpaired) electrons. The van der Waals surface area contributed by atoms with Gasteiger partial charge in [0.05, 0.1) is 21.8 Å². The lowest BCUT2D eigenvalue weighted by molar-refractivity contribution is 0.0794. The van der Waals surface area contributed by atoms with E-state index in [1.807, 2.05) is 36.3 Å². The third-order valence-electron chi connectivity index (χ3n) is 4.55. The molecule has 0 spiro atoms. The van der Waals surface area contributed by atoms with E-state index in [4.69, 9.17) is 11.6 Å². The minimum Gasteiger partial charge on any atom is -0.339 e. The molecule has 26 heavy (non-hydrogen) atoms. The molecular formula is C20H21ClN2O2S. The fraction of sp³-hybridized carbons (Fsp3) is 0.300. The number of nitrogens with zero attached hydrogens (tertiary/aromatic N) is 1. The van der Waals surface area contributed by atoms with Gasteiger partial charge >= 0.3 is 0 Å². The number of para-hydroxylation sites is 1. The van der Waals surface area contributed by atoms with Crippen LogP contribution in [0.25, 0.3) is 0 Å². The zero-order chi connectivity index (χ0) is 18.7. The topological polar surface area (TPSA) is 49.4 Å². The smallest absolute Gasteiger partial charge is 0.257 e. The Morgan fingerprint density at radius 1 is 1.12 bits per heavy atom. The molecule has 0 aliphatic carbocycles. The number of amides is 2. The van der Waals surface area contributed by atoms with Gasteiger partial charge < -0.3 is 10.2 Å². The quantitative estimate of drug-likeness (QED) is 0.761. The van der Waals surface area contributed by atoms with Crippen LogP contribution in [0.4, 0.5) is 5.69 Å². The van der Waals surface area contributed by atoms with Gasteiger partial charge in [-0.25, -0.2) is 0 Å². The Bertz CT molecular complexity index is 848. The molecule has 136 valence electrons. The molecule has 0 saturated carbocycles. The number of hydrogen-bond donors (Lipinski definition) is 1. The van der Waals surface area contributed by atoms with Crippen molar-refractivity contribution in [1.82, 2.24) is 4.90 Å². The highest BCUT2D eigenvalue weighted by molar-refractivity contribution is 7.98. The van der Waals surface area contributed by atoms with E-state index in [9.17, 15) is 9.59 Å². The average molecular weight is 389 g/mol. The predicted octanol–water partition coefficient (Wildman–Crippen LogP) is 4.86. The number of anilines is 1. The normalized spacial score (nSPS) is 13.7. The SMILES string of the molecule is CSc1ccc(Cl)c(C(=O)Nc2c(C)cccc2C(=O)N2CCCC2)c1. The van der Waals surface area contributed by atoms with Gasteiger partial charge in [-0.05, 0) is 55.9 Å². The van der Waals surface area contributed by atoms with Gasteiger partial charge in [-0.3, -0.25) is 9.59 Å². The number of halogens is 1. The van der Waals surface area contributed by atoms with Crippen molar-refractivity contribution in [3.05, 3.63) is 58.1 Å². The molecule has 2 amide bonds. The molecule has 3 rings (SSSR count). The molecule has 1 aliphatic heterocycles. The monoisotopic (exact) mass is 388 g/mol. The summed E-state index contributed by atoms with van der Waals surface area (Å²) in [4.78, 5) is 28.5. The maximum Gasteiger partial charge on any atom is 0.257 e. The molecule has 6 heteroatoms. The second kappa shape index (κ2) is 8.14. The van der Waals surface area contributed by atoms with Crippen LogP contribution in [-0.2, 0) is 0 Å². The summed E-state index contributed by atoms with van der Waals surface area (Å²) in [5.41, 5.74) is 2.33. The summed E-state index contributed by atoms with van der Waals surface area (Å²) in [7, 11) is 0. The minimum atomic E-state index is -0.310. The zero-order valence-electron chi connectivity index (χ0n) is 14.8. The first-order valence-electron chi connectivity index (χ1n) is 8.55. The van der Waals surface area contributed by atoms with Crippen LogP contribution in [0.5, 0.6) is 0 Å². The highest BCUT2D eigenvalue weighted by Crippen LogP contribution is 2.27. The van der Waals surface area contributed by atoms with Crippen LogP contribution in [0, 0.1) is 6.92 Å². The summed E-state index contributed by atoms with van der Waals surface area (Å²) in [6.45, 7) is 3.42. The molecule has 2 aromatic carbocycles. The van der Waals surface area contributed by atoms with Gasteiger partial charge in [-0.15, -0.1) is 11.8 Å². The van der Waals surface area contributed by atoms with Crippen molar-refractivity contribution < 1.29 is 9.59 Å².